The Hall–Kier alpha value is -1.39. The highest BCUT2D eigenvalue weighted by atomic mass is 79.9. The molecule has 0 atom stereocenters. The number of hydrogen-bond donors (Lipinski definition) is 1. The number of fused-ring (bicyclic) bond motifs is 1. The van der Waals surface area contributed by atoms with Gasteiger partial charge in [0.05, 0.1) is 21.2 Å². The summed E-state index contributed by atoms with van der Waals surface area (Å²) in [5, 5.41) is 2.82. The molecule has 158 valence electrons. The Labute approximate surface area is 209 Å². The zero-order valence-corrected chi connectivity index (χ0v) is 22.1. The predicted molar refractivity (Wildman–Crippen MR) is 136 cm³/mol. The molecule has 0 bridgehead atoms. The van der Waals surface area contributed by atoms with Crippen molar-refractivity contribution in [3.63, 3.8) is 0 Å². The third kappa shape index (κ3) is 5.17. The number of halogens is 3. The van der Waals surface area contributed by atoms with Gasteiger partial charge in [-0.2, -0.15) is 0 Å². The standard InChI is InChI=1S/C22H14Br3NO3S2/c23-14-6-4-13(5-7-14)10-21-22(27)26-19-11-15(8-9-20(19)30-21)31(28,29)12-16-17(24)2-1-3-18(16)25/h1-11H,12H2,(H,26,27)/b21-10-. The van der Waals surface area contributed by atoms with Gasteiger partial charge in [0.1, 0.15) is 0 Å². The first-order valence-electron chi connectivity index (χ1n) is 8.99. The topological polar surface area (TPSA) is 63.2 Å². The molecule has 9 heteroatoms. The van der Waals surface area contributed by atoms with Crippen molar-refractivity contribution in [3.05, 3.63) is 90.1 Å². The lowest BCUT2D eigenvalue weighted by Gasteiger charge is -2.19. The van der Waals surface area contributed by atoms with Gasteiger partial charge in [-0.1, -0.05) is 77.8 Å². The lowest BCUT2D eigenvalue weighted by atomic mass is 10.2. The molecule has 1 amide bonds. The molecule has 1 heterocycles. The van der Waals surface area contributed by atoms with Crippen LogP contribution in [-0.4, -0.2) is 14.3 Å². The Morgan fingerprint density at radius 2 is 1.61 bits per heavy atom. The quantitative estimate of drug-likeness (QED) is 0.310. The Balaban J connectivity index is 1.62. The van der Waals surface area contributed by atoms with E-state index in [0.717, 1.165) is 23.9 Å². The molecular weight excluding hydrogens is 630 g/mol. The number of hydrogen-bond acceptors (Lipinski definition) is 4. The molecule has 0 aliphatic carbocycles. The van der Waals surface area contributed by atoms with E-state index in [4.69, 9.17) is 0 Å². The van der Waals surface area contributed by atoms with Crippen molar-refractivity contribution in [2.75, 3.05) is 5.32 Å². The summed E-state index contributed by atoms with van der Waals surface area (Å²) in [6.07, 6.45) is 1.81. The molecule has 4 rings (SSSR count). The summed E-state index contributed by atoms with van der Waals surface area (Å²) >= 11 is 11.5. The maximum Gasteiger partial charge on any atom is 0.262 e. The van der Waals surface area contributed by atoms with E-state index < -0.39 is 9.84 Å². The molecule has 0 aromatic heterocycles. The smallest absolute Gasteiger partial charge is 0.262 e. The first kappa shape index (κ1) is 22.8. The monoisotopic (exact) mass is 641 g/mol. The second kappa shape index (κ2) is 9.23. The first-order chi connectivity index (χ1) is 14.7. The number of carbonyl (C=O) groups is 1. The zero-order chi connectivity index (χ0) is 22.2. The van der Waals surface area contributed by atoms with Gasteiger partial charge in [0.25, 0.3) is 5.91 Å². The molecule has 1 N–H and O–H groups in total. The lowest BCUT2D eigenvalue weighted by molar-refractivity contribution is -0.112. The highest BCUT2D eigenvalue weighted by molar-refractivity contribution is 9.11. The number of nitrogens with one attached hydrogen (secondary N) is 1. The molecule has 0 unspecified atom stereocenters. The predicted octanol–water partition coefficient (Wildman–Crippen LogP) is 7.03. The third-order valence-corrected chi connectivity index (χ3v) is 9.32. The van der Waals surface area contributed by atoms with Crippen molar-refractivity contribution in [2.45, 2.75) is 15.5 Å². The van der Waals surface area contributed by atoms with E-state index in [-0.39, 0.29) is 16.6 Å². The van der Waals surface area contributed by atoms with Gasteiger partial charge in [0, 0.05) is 18.3 Å². The average Bonchev–Trinajstić information content (AvgIpc) is 2.72. The van der Waals surface area contributed by atoms with E-state index in [9.17, 15) is 13.2 Å². The van der Waals surface area contributed by atoms with E-state index in [0.29, 0.717) is 16.2 Å². The SMILES string of the molecule is O=C1Nc2cc(S(=O)(=O)Cc3c(Br)cccc3Br)ccc2S/C1=C\c1ccc(Br)cc1. The molecular formula is C22H14Br3NO3S2. The maximum atomic E-state index is 13.0. The zero-order valence-electron chi connectivity index (χ0n) is 15.7. The van der Waals surface area contributed by atoms with E-state index in [2.05, 4.69) is 53.1 Å². The van der Waals surface area contributed by atoms with Crippen molar-refractivity contribution < 1.29 is 13.2 Å². The fourth-order valence-corrected chi connectivity index (χ4v) is 7.26. The minimum absolute atomic E-state index is 0.162. The summed E-state index contributed by atoms with van der Waals surface area (Å²) in [6, 6.07) is 17.9. The van der Waals surface area contributed by atoms with Crippen LogP contribution in [0.1, 0.15) is 11.1 Å². The molecule has 1 aliphatic rings. The summed E-state index contributed by atoms with van der Waals surface area (Å²) in [5.41, 5.74) is 2.05. The molecule has 0 saturated carbocycles. The second-order valence-electron chi connectivity index (χ2n) is 6.73. The van der Waals surface area contributed by atoms with Crippen LogP contribution in [-0.2, 0) is 20.4 Å². The lowest BCUT2D eigenvalue weighted by Crippen LogP contribution is -2.18. The van der Waals surface area contributed by atoms with Crippen LogP contribution in [0, 0.1) is 0 Å². The number of sulfone groups is 1. The molecule has 1 aliphatic heterocycles. The van der Waals surface area contributed by atoms with Gasteiger partial charge < -0.3 is 5.32 Å². The number of anilines is 1. The van der Waals surface area contributed by atoms with Crippen LogP contribution in [0.4, 0.5) is 5.69 Å². The van der Waals surface area contributed by atoms with Crippen molar-refractivity contribution in [1.82, 2.24) is 0 Å². The van der Waals surface area contributed by atoms with E-state index in [1.54, 1.807) is 24.3 Å². The highest BCUT2D eigenvalue weighted by Crippen LogP contribution is 2.40. The summed E-state index contributed by atoms with van der Waals surface area (Å²) in [7, 11) is -3.62. The molecule has 0 radical (unpaired) electrons. The van der Waals surface area contributed by atoms with Crippen LogP contribution in [0.15, 0.2) is 88.8 Å². The van der Waals surface area contributed by atoms with Gasteiger partial charge in [-0.25, -0.2) is 8.42 Å². The number of rotatable bonds is 4. The van der Waals surface area contributed by atoms with Crippen LogP contribution in [0.3, 0.4) is 0 Å². The Kier molecular flexibility index (Phi) is 6.79. The van der Waals surface area contributed by atoms with Crippen LogP contribution >= 0.6 is 59.6 Å². The summed E-state index contributed by atoms with van der Waals surface area (Å²) in [5.74, 6) is -0.424. The Morgan fingerprint density at radius 3 is 2.29 bits per heavy atom. The molecule has 31 heavy (non-hydrogen) atoms. The van der Waals surface area contributed by atoms with Crippen LogP contribution in [0.2, 0.25) is 0 Å². The van der Waals surface area contributed by atoms with Gasteiger partial charge in [0.15, 0.2) is 9.84 Å². The van der Waals surface area contributed by atoms with Gasteiger partial charge in [-0.15, -0.1) is 0 Å². The Bertz CT molecular complexity index is 1300. The van der Waals surface area contributed by atoms with E-state index in [1.165, 1.54) is 17.8 Å². The molecule has 3 aromatic rings. The number of carbonyl (C=O) groups excluding carboxylic acids is 1. The normalized spacial score (nSPS) is 14.9. The number of benzene rings is 3. The van der Waals surface area contributed by atoms with Crippen molar-refractivity contribution in [2.24, 2.45) is 0 Å². The van der Waals surface area contributed by atoms with E-state index in [1.807, 2.05) is 36.4 Å². The van der Waals surface area contributed by atoms with E-state index >= 15 is 0 Å². The largest absolute Gasteiger partial charge is 0.320 e. The highest BCUT2D eigenvalue weighted by Gasteiger charge is 2.25. The van der Waals surface area contributed by atoms with Crippen molar-refractivity contribution in [3.8, 4) is 0 Å². The van der Waals surface area contributed by atoms with Crippen LogP contribution < -0.4 is 5.32 Å². The molecule has 0 fully saturated rings. The molecule has 0 spiro atoms. The third-order valence-electron chi connectivity index (χ3n) is 4.57. The molecule has 3 aromatic carbocycles. The number of thioether (sulfide) groups is 1. The summed E-state index contributed by atoms with van der Waals surface area (Å²) < 4.78 is 28.5. The number of amides is 1. The summed E-state index contributed by atoms with van der Waals surface area (Å²) in [6.45, 7) is 0. The van der Waals surface area contributed by atoms with Gasteiger partial charge in [-0.3, -0.25) is 4.79 Å². The van der Waals surface area contributed by atoms with Crippen LogP contribution in [0.5, 0.6) is 0 Å². The van der Waals surface area contributed by atoms with Gasteiger partial charge >= 0.3 is 0 Å². The fraction of sp³-hybridized carbons (Fsp3) is 0.0455. The molecule has 0 saturated heterocycles. The minimum Gasteiger partial charge on any atom is -0.320 e. The molecule has 4 nitrogen and oxygen atoms in total. The Morgan fingerprint density at radius 1 is 0.935 bits per heavy atom. The minimum atomic E-state index is -3.62. The average molecular weight is 644 g/mol. The first-order valence-corrected chi connectivity index (χ1v) is 13.8. The summed E-state index contributed by atoms with van der Waals surface area (Å²) in [4.78, 5) is 14.1. The van der Waals surface area contributed by atoms with Crippen molar-refractivity contribution in [1.29, 1.82) is 0 Å². The fourth-order valence-electron chi connectivity index (χ4n) is 2.99. The van der Waals surface area contributed by atoms with Gasteiger partial charge in [0.2, 0.25) is 0 Å². The second-order valence-corrected chi connectivity index (χ2v) is 12.4. The van der Waals surface area contributed by atoms with Crippen LogP contribution in [0.25, 0.3) is 6.08 Å². The van der Waals surface area contributed by atoms with Gasteiger partial charge in [-0.05, 0) is 59.7 Å². The maximum absolute atomic E-state index is 13.0. The van der Waals surface area contributed by atoms with Crippen molar-refractivity contribution >= 4 is 87.1 Å².